The topological polar surface area (TPSA) is 12.5 Å². The first-order chi connectivity index (χ1) is 5.15. The van der Waals surface area contributed by atoms with Gasteiger partial charge in [0.15, 0.2) is 0 Å². The lowest BCUT2D eigenvalue weighted by molar-refractivity contribution is 0.0573. The minimum absolute atomic E-state index is 0. The van der Waals surface area contributed by atoms with Crippen molar-refractivity contribution in [3.05, 3.63) is 11.6 Å². The van der Waals surface area contributed by atoms with Crippen LogP contribution in [0.15, 0.2) is 11.6 Å². The van der Waals surface area contributed by atoms with Crippen molar-refractivity contribution in [1.29, 1.82) is 0 Å². The van der Waals surface area contributed by atoms with Gasteiger partial charge in [-0.05, 0) is 20.9 Å². The minimum Gasteiger partial charge on any atom is -0.376 e. The first kappa shape index (κ1) is 11.7. The van der Waals surface area contributed by atoms with Crippen LogP contribution >= 0.6 is 0 Å². The standard InChI is InChI=1S/C9H17NO.CH4/c1-7-5-9(11-4)8(2)10(3)6-7;/h5,8-9H,6H2,1-4H3;1H4/t8-,9+;/m0./s1. The lowest BCUT2D eigenvalue weighted by Crippen LogP contribution is -2.43. The Labute approximate surface area is 76.2 Å². The highest BCUT2D eigenvalue weighted by Crippen LogP contribution is 2.16. The Hall–Kier alpha value is -0.340. The van der Waals surface area contributed by atoms with Gasteiger partial charge >= 0.3 is 0 Å². The molecule has 0 aromatic rings. The van der Waals surface area contributed by atoms with Crippen LogP contribution in [-0.4, -0.2) is 37.7 Å². The number of hydrogen-bond acceptors (Lipinski definition) is 2. The zero-order valence-corrected chi connectivity index (χ0v) is 7.79. The molecule has 0 N–H and O–H groups in total. The Balaban J connectivity index is 0.00000121. The normalized spacial score (nSPS) is 30.8. The molecule has 0 aromatic carbocycles. The predicted molar refractivity (Wildman–Crippen MR) is 53.4 cm³/mol. The van der Waals surface area contributed by atoms with Gasteiger partial charge in [-0.3, -0.25) is 4.90 Å². The summed E-state index contributed by atoms with van der Waals surface area (Å²) in [5, 5.41) is 0. The Kier molecular flexibility index (Phi) is 4.50. The molecule has 0 aliphatic carbocycles. The molecular weight excluding hydrogens is 150 g/mol. The lowest BCUT2D eigenvalue weighted by Gasteiger charge is -2.34. The summed E-state index contributed by atoms with van der Waals surface area (Å²) in [7, 11) is 3.90. The Morgan fingerprint density at radius 1 is 1.58 bits per heavy atom. The van der Waals surface area contributed by atoms with E-state index in [0.29, 0.717) is 6.04 Å². The minimum atomic E-state index is 0. The third-order valence-electron chi connectivity index (χ3n) is 2.39. The van der Waals surface area contributed by atoms with Gasteiger partial charge in [-0.15, -0.1) is 0 Å². The van der Waals surface area contributed by atoms with E-state index in [1.807, 2.05) is 0 Å². The fraction of sp³-hybridized carbons (Fsp3) is 0.800. The van der Waals surface area contributed by atoms with Gasteiger partial charge in [-0.25, -0.2) is 0 Å². The number of hydrogen-bond donors (Lipinski definition) is 0. The predicted octanol–water partition coefficient (Wildman–Crippen LogP) is 1.92. The van der Waals surface area contributed by atoms with E-state index >= 15 is 0 Å². The van der Waals surface area contributed by atoms with Gasteiger partial charge in [0.1, 0.15) is 0 Å². The average molecular weight is 171 g/mol. The van der Waals surface area contributed by atoms with E-state index in [2.05, 4.69) is 31.9 Å². The van der Waals surface area contributed by atoms with Crippen LogP contribution in [0, 0.1) is 0 Å². The van der Waals surface area contributed by atoms with E-state index in [0.717, 1.165) is 6.54 Å². The lowest BCUT2D eigenvalue weighted by atomic mass is 10.0. The average Bonchev–Trinajstić information content (AvgIpc) is 1.96. The first-order valence-corrected chi connectivity index (χ1v) is 4.05. The zero-order chi connectivity index (χ0) is 8.43. The van der Waals surface area contributed by atoms with Crippen molar-refractivity contribution in [2.24, 2.45) is 0 Å². The first-order valence-electron chi connectivity index (χ1n) is 4.05. The molecule has 0 amide bonds. The molecule has 1 heterocycles. The summed E-state index contributed by atoms with van der Waals surface area (Å²) in [5.41, 5.74) is 1.40. The molecule has 0 bridgehead atoms. The Morgan fingerprint density at radius 3 is 2.67 bits per heavy atom. The summed E-state index contributed by atoms with van der Waals surface area (Å²) in [4.78, 5) is 2.31. The van der Waals surface area contributed by atoms with Gasteiger partial charge in [-0.1, -0.05) is 19.1 Å². The van der Waals surface area contributed by atoms with Gasteiger partial charge in [0.2, 0.25) is 0 Å². The van der Waals surface area contributed by atoms with Crippen LogP contribution < -0.4 is 0 Å². The largest absolute Gasteiger partial charge is 0.376 e. The Morgan fingerprint density at radius 2 is 2.17 bits per heavy atom. The Bertz CT molecular complexity index is 165. The molecule has 0 spiro atoms. The molecule has 0 aromatic heterocycles. The number of nitrogens with zero attached hydrogens (tertiary/aromatic N) is 1. The highest BCUT2D eigenvalue weighted by molar-refractivity contribution is 5.11. The third kappa shape index (κ3) is 2.32. The molecule has 1 aliphatic rings. The van der Waals surface area contributed by atoms with Crippen LogP contribution in [0.3, 0.4) is 0 Å². The maximum atomic E-state index is 5.33. The zero-order valence-electron chi connectivity index (χ0n) is 7.79. The number of ether oxygens (including phenoxy) is 1. The molecular formula is C10H21NO. The van der Waals surface area contributed by atoms with Crippen LogP contribution in [0.2, 0.25) is 0 Å². The van der Waals surface area contributed by atoms with E-state index in [1.54, 1.807) is 7.11 Å². The van der Waals surface area contributed by atoms with Crippen molar-refractivity contribution in [1.82, 2.24) is 4.90 Å². The van der Waals surface area contributed by atoms with Crippen LogP contribution in [0.5, 0.6) is 0 Å². The van der Waals surface area contributed by atoms with E-state index in [9.17, 15) is 0 Å². The van der Waals surface area contributed by atoms with Gasteiger partial charge in [0.25, 0.3) is 0 Å². The number of rotatable bonds is 1. The van der Waals surface area contributed by atoms with Gasteiger partial charge < -0.3 is 4.74 Å². The fourth-order valence-corrected chi connectivity index (χ4v) is 1.53. The number of likely N-dealkylation sites (N-methyl/N-ethyl adjacent to an activating group) is 1. The molecule has 0 radical (unpaired) electrons. The molecule has 2 heteroatoms. The second-order valence-corrected chi connectivity index (χ2v) is 3.37. The van der Waals surface area contributed by atoms with Crippen LogP contribution in [-0.2, 0) is 4.74 Å². The maximum absolute atomic E-state index is 5.33. The second kappa shape index (κ2) is 4.63. The maximum Gasteiger partial charge on any atom is 0.0907 e. The van der Waals surface area contributed by atoms with E-state index in [-0.39, 0.29) is 13.5 Å². The highest BCUT2D eigenvalue weighted by atomic mass is 16.5. The molecule has 0 fully saturated rings. The van der Waals surface area contributed by atoms with Gasteiger partial charge in [0.05, 0.1) is 6.10 Å². The molecule has 0 unspecified atom stereocenters. The third-order valence-corrected chi connectivity index (χ3v) is 2.39. The monoisotopic (exact) mass is 171 g/mol. The molecule has 2 atom stereocenters. The fourth-order valence-electron chi connectivity index (χ4n) is 1.53. The molecule has 72 valence electrons. The van der Waals surface area contributed by atoms with Gasteiger partial charge in [0, 0.05) is 19.7 Å². The quantitative estimate of drug-likeness (QED) is 0.559. The molecule has 1 rings (SSSR count). The smallest absolute Gasteiger partial charge is 0.0907 e. The van der Waals surface area contributed by atoms with Crippen molar-refractivity contribution < 1.29 is 4.74 Å². The molecule has 12 heavy (non-hydrogen) atoms. The van der Waals surface area contributed by atoms with Crippen LogP contribution in [0.25, 0.3) is 0 Å². The molecule has 0 saturated heterocycles. The highest BCUT2D eigenvalue weighted by Gasteiger charge is 2.22. The van der Waals surface area contributed by atoms with Crippen molar-refractivity contribution in [3.63, 3.8) is 0 Å². The second-order valence-electron chi connectivity index (χ2n) is 3.37. The summed E-state index contributed by atoms with van der Waals surface area (Å²) in [6.45, 7) is 5.41. The van der Waals surface area contributed by atoms with Crippen molar-refractivity contribution >= 4 is 0 Å². The van der Waals surface area contributed by atoms with Crippen molar-refractivity contribution in [3.8, 4) is 0 Å². The summed E-state index contributed by atoms with van der Waals surface area (Å²) >= 11 is 0. The molecule has 0 saturated carbocycles. The van der Waals surface area contributed by atoms with E-state index < -0.39 is 0 Å². The summed E-state index contributed by atoms with van der Waals surface area (Å²) < 4.78 is 5.33. The SMILES string of the molecule is C.CO[C@@H]1C=C(C)CN(C)[C@H]1C. The van der Waals surface area contributed by atoms with Gasteiger partial charge in [-0.2, -0.15) is 0 Å². The summed E-state index contributed by atoms with van der Waals surface area (Å²) in [6, 6.07) is 0.503. The van der Waals surface area contributed by atoms with Crippen LogP contribution in [0.4, 0.5) is 0 Å². The number of methoxy groups -OCH3 is 1. The van der Waals surface area contributed by atoms with Crippen molar-refractivity contribution in [2.75, 3.05) is 20.7 Å². The summed E-state index contributed by atoms with van der Waals surface area (Å²) in [5.74, 6) is 0. The molecule has 2 nitrogen and oxygen atoms in total. The van der Waals surface area contributed by atoms with E-state index in [4.69, 9.17) is 4.74 Å². The summed E-state index contributed by atoms with van der Waals surface area (Å²) in [6.07, 6.45) is 2.48. The van der Waals surface area contributed by atoms with Crippen molar-refractivity contribution in [2.45, 2.75) is 33.4 Å². The van der Waals surface area contributed by atoms with Crippen LogP contribution in [0.1, 0.15) is 21.3 Å². The van der Waals surface area contributed by atoms with E-state index in [1.165, 1.54) is 5.57 Å². The molecule has 1 aliphatic heterocycles.